The van der Waals surface area contributed by atoms with Crippen LogP contribution in [0, 0.1) is 0 Å². The number of aliphatic hydroxyl groups is 1. The second-order valence-electron chi connectivity index (χ2n) is 3.73. The minimum absolute atomic E-state index is 0.304. The van der Waals surface area contributed by atoms with Crippen molar-refractivity contribution in [2.75, 3.05) is 0 Å². The molecule has 2 aromatic rings. The first-order valence-electron chi connectivity index (χ1n) is 4.72. The van der Waals surface area contributed by atoms with E-state index in [0.29, 0.717) is 0 Å². The molecule has 1 aromatic carbocycles. The summed E-state index contributed by atoms with van der Waals surface area (Å²) in [4.78, 5) is 0. The van der Waals surface area contributed by atoms with Crippen molar-refractivity contribution in [2.45, 2.75) is 19.1 Å². The van der Waals surface area contributed by atoms with E-state index in [-0.39, 0.29) is 6.10 Å². The average Bonchev–Trinajstić information content (AvgIpc) is 2.67. The molecule has 2 nitrogen and oxygen atoms in total. The van der Waals surface area contributed by atoms with Crippen molar-refractivity contribution in [3.63, 3.8) is 0 Å². The molecular formula is C11H10ClNO. The van der Waals surface area contributed by atoms with Gasteiger partial charge in [0.1, 0.15) is 0 Å². The van der Waals surface area contributed by atoms with Crippen LogP contribution in [0.2, 0.25) is 5.02 Å². The van der Waals surface area contributed by atoms with Crippen LogP contribution >= 0.6 is 11.6 Å². The highest BCUT2D eigenvalue weighted by molar-refractivity contribution is 6.31. The molecule has 0 bridgehead atoms. The molecule has 0 fully saturated rings. The largest absolute Gasteiger partial charge is 0.387 e. The van der Waals surface area contributed by atoms with Crippen molar-refractivity contribution in [1.82, 2.24) is 4.57 Å². The van der Waals surface area contributed by atoms with E-state index in [4.69, 9.17) is 11.6 Å². The van der Waals surface area contributed by atoms with Gasteiger partial charge < -0.3 is 9.67 Å². The molecule has 0 saturated carbocycles. The van der Waals surface area contributed by atoms with Crippen LogP contribution in [0.4, 0.5) is 0 Å². The molecule has 3 rings (SSSR count). The third-order valence-electron chi connectivity index (χ3n) is 2.87. The number of rotatable bonds is 0. The minimum Gasteiger partial charge on any atom is -0.387 e. The van der Waals surface area contributed by atoms with Crippen LogP contribution in [0.3, 0.4) is 0 Å². The predicted octanol–water partition coefficient (Wildman–Crippen LogP) is 2.73. The number of nitrogens with zero attached hydrogens (tertiary/aromatic N) is 1. The summed E-state index contributed by atoms with van der Waals surface area (Å²) in [6, 6.07) is 7.88. The number of benzene rings is 1. The Morgan fingerprint density at radius 2 is 2.21 bits per heavy atom. The zero-order valence-corrected chi connectivity index (χ0v) is 8.33. The fourth-order valence-corrected chi connectivity index (χ4v) is 2.34. The number of hydrogen-bond acceptors (Lipinski definition) is 1. The quantitative estimate of drug-likeness (QED) is 0.706. The Hall–Kier alpha value is -0.990. The summed E-state index contributed by atoms with van der Waals surface area (Å²) in [6.07, 6.45) is 0.513. The van der Waals surface area contributed by atoms with Crippen LogP contribution in [0.15, 0.2) is 24.3 Å². The number of fused-ring (bicyclic) bond motifs is 3. The highest BCUT2D eigenvalue weighted by atomic mass is 35.5. The van der Waals surface area contributed by atoms with E-state index in [2.05, 4.69) is 4.57 Å². The number of aliphatic hydroxyl groups excluding tert-OH is 1. The first-order chi connectivity index (χ1) is 6.75. The fraction of sp³-hybridized carbons (Fsp3) is 0.273. The Bertz CT molecular complexity index is 503. The van der Waals surface area contributed by atoms with E-state index in [9.17, 15) is 5.11 Å². The summed E-state index contributed by atoms with van der Waals surface area (Å²) >= 11 is 5.94. The fourth-order valence-electron chi connectivity index (χ4n) is 2.17. The molecule has 0 radical (unpaired) electrons. The highest BCUT2D eigenvalue weighted by Crippen LogP contribution is 2.33. The van der Waals surface area contributed by atoms with Crippen LogP contribution in [-0.4, -0.2) is 9.67 Å². The first kappa shape index (κ1) is 8.33. The Kier molecular flexibility index (Phi) is 1.64. The molecular weight excluding hydrogens is 198 g/mol. The molecule has 0 aliphatic carbocycles. The highest BCUT2D eigenvalue weighted by Gasteiger charge is 2.22. The van der Waals surface area contributed by atoms with Gasteiger partial charge in [-0.05, 0) is 24.6 Å². The van der Waals surface area contributed by atoms with Crippen LogP contribution in [0.5, 0.6) is 0 Å². The van der Waals surface area contributed by atoms with Crippen molar-refractivity contribution >= 4 is 22.5 Å². The maximum absolute atomic E-state index is 9.70. The lowest BCUT2D eigenvalue weighted by molar-refractivity contribution is 0.180. The SMILES string of the molecule is OC1CCn2c1cc1ccc(Cl)cc12. The molecule has 1 aliphatic heterocycles. The molecule has 1 atom stereocenters. The van der Waals surface area contributed by atoms with Gasteiger partial charge in [-0.3, -0.25) is 0 Å². The summed E-state index contributed by atoms with van der Waals surface area (Å²) in [7, 11) is 0. The van der Waals surface area contributed by atoms with Crippen LogP contribution < -0.4 is 0 Å². The van der Waals surface area contributed by atoms with E-state index in [1.54, 1.807) is 0 Å². The molecule has 3 heteroatoms. The Balaban J connectivity index is 2.36. The van der Waals surface area contributed by atoms with Gasteiger partial charge in [-0.2, -0.15) is 0 Å². The lowest BCUT2D eigenvalue weighted by Crippen LogP contribution is -1.91. The normalized spacial score (nSPS) is 20.3. The average molecular weight is 208 g/mol. The Labute approximate surface area is 86.7 Å². The molecule has 1 aromatic heterocycles. The molecule has 0 spiro atoms. The Morgan fingerprint density at radius 1 is 1.36 bits per heavy atom. The molecule has 1 unspecified atom stereocenters. The van der Waals surface area contributed by atoms with Crippen LogP contribution in [-0.2, 0) is 6.54 Å². The monoisotopic (exact) mass is 207 g/mol. The lowest BCUT2D eigenvalue weighted by Gasteiger charge is -1.99. The predicted molar refractivity (Wildman–Crippen MR) is 56.5 cm³/mol. The molecule has 0 amide bonds. The van der Waals surface area contributed by atoms with Crippen LogP contribution in [0.25, 0.3) is 10.9 Å². The van der Waals surface area contributed by atoms with Gasteiger partial charge >= 0.3 is 0 Å². The summed E-state index contributed by atoms with van der Waals surface area (Å²) in [5, 5.41) is 11.6. The standard InChI is InChI=1S/C11H10ClNO/c12-8-2-1-7-5-10-11(14)3-4-13(10)9(7)6-8/h1-2,5-6,11,14H,3-4H2. The second-order valence-corrected chi connectivity index (χ2v) is 4.16. The van der Waals surface area contributed by atoms with E-state index < -0.39 is 0 Å². The van der Waals surface area contributed by atoms with Crippen molar-refractivity contribution in [3.8, 4) is 0 Å². The van der Waals surface area contributed by atoms with Crippen molar-refractivity contribution < 1.29 is 5.11 Å². The molecule has 1 N–H and O–H groups in total. The Morgan fingerprint density at radius 3 is 3.07 bits per heavy atom. The number of halogens is 1. The molecule has 14 heavy (non-hydrogen) atoms. The zero-order chi connectivity index (χ0) is 9.71. The van der Waals surface area contributed by atoms with Gasteiger partial charge in [0, 0.05) is 28.2 Å². The molecule has 72 valence electrons. The van der Waals surface area contributed by atoms with E-state index in [1.807, 2.05) is 24.3 Å². The van der Waals surface area contributed by atoms with Gasteiger partial charge in [0.15, 0.2) is 0 Å². The summed E-state index contributed by atoms with van der Waals surface area (Å²) in [5.41, 5.74) is 2.14. The second kappa shape index (κ2) is 2.75. The number of aromatic nitrogens is 1. The third kappa shape index (κ3) is 1.01. The molecule has 2 heterocycles. The van der Waals surface area contributed by atoms with Gasteiger partial charge in [0.05, 0.1) is 6.10 Å². The third-order valence-corrected chi connectivity index (χ3v) is 3.10. The van der Waals surface area contributed by atoms with Crippen molar-refractivity contribution in [1.29, 1.82) is 0 Å². The molecule has 1 aliphatic rings. The smallest absolute Gasteiger partial charge is 0.0957 e. The molecule has 0 saturated heterocycles. The summed E-state index contributed by atoms with van der Waals surface area (Å²) in [5.74, 6) is 0. The van der Waals surface area contributed by atoms with Crippen molar-refractivity contribution in [2.24, 2.45) is 0 Å². The van der Waals surface area contributed by atoms with Gasteiger partial charge in [-0.15, -0.1) is 0 Å². The number of aryl methyl sites for hydroxylation is 1. The maximum atomic E-state index is 9.70. The van der Waals surface area contributed by atoms with E-state index in [1.165, 1.54) is 0 Å². The zero-order valence-electron chi connectivity index (χ0n) is 7.57. The summed E-state index contributed by atoms with van der Waals surface area (Å²) < 4.78 is 2.14. The summed E-state index contributed by atoms with van der Waals surface area (Å²) in [6.45, 7) is 0.889. The van der Waals surface area contributed by atoms with Crippen LogP contribution in [0.1, 0.15) is 18.2 Å². The van der Waals surface area contributed by atoms with Gasteiger partial charge in [0.2, 0.25) is 0 Å². The van der Waals surface area contributed by atoms with Crippen molar-refractivity contribution in [3.05, 3.63) is 35.0 Å². The van der Waals surface area contributed by atoms with E-state index >= 15 is 0 Å². The van der Waals surface area contributed by atoms with Gasteiger partial charge in [-0.25, -0.2) is 0 Å². The van der Waals surface area contributed by atoms with Gasteiger partial charge in [-0.1, -0.05) is 17.7 Å². The minimum atomic E-state index is -0.304. The number of hydrogen-bond donors (Lipinski definition) is 1. The van der Waals surface area contributed by atoms with Gasteiger partial charge in [0.25, 0.3) is 0 Å². The first-order valence-corrected chi connectivity index (χ1v) is 5.10. The maximum Gasteiger partial charge on any atom is 0.0957 e. The topological polar surface area (TPSA) is 25.2 Å². The van der Waals surface area contributed by atoms with E-state index in [0.717, 1.165) is 34.6 Å². The lowest BCUT2D eigenvalue weighted by atomic mass is 10.2.